The third-order valence-electron chi connectivity index (χ3n) is 4.30. The fraction of sp³-hybridized carbons (Fsp3) is 0. The van der Waals surface area contributed by atoms with E-state index in [1.54, 1.807) is 60.7 Å². The molecule has 4 rings (SSSR count). The number of amidine groups is 1. The van der Waals surface area contributed by atoms with Crippen molar-refractivity contribution < 1.29 is 9.18 Å². The van der Waals surface area contributed by atoms with Gasteiger partial charge in [-0.05, 0) is 54.1 Å². The Morgan fingerprint density at radius 2 is 1.79 bits per heavy atom. The van der Waals surface area contributed by atoms with E-state index in [0.29, 0.717) is 21.3 Å². The van der Waals surface area contributed by atoms with Crippen molar-refractivity contribution in [2.24, 2.45) is 4.99 Å². The summed E-state index contributed by atoms with van der Waals surface area (Å²) in [6, 6.07) is 18.3. The van der Waals surface area contributed by atoms with Crippen LogP contribution in [0.4, 0.5) is 10.1 Å². The number of nitrogens with zero attached hydrogens (tertiary/aromatic N) is 2. The van der Waals surface area contributed by atoms with Crippen molar-refractivity contribution in [2.75, 3.05) is 4.90 Å². The highest BCUT2D eigenvalue weighted by Gasteiger charge is 2.33. The van der Waals surface area contributed by atoms with Crippen LogP contribution in [-0.2, 0) is 4.79 Å². The van der Waals surface area contributed by atoms with E-state index < -0.39 is 5.82 Å². The van der Waals surface area contributed by atoms with Crippen LogP contribution in [0.15, 0.2) is 81.9 Å². The van der Waals surface area contributed by atoms with Gasteiger partial charge in [0.15, 0.2) is 5.84 Å². The van der Waals surface area contributed by atoms with E-state index in [9.17, 15) is 9.18 Å². The minimum Gasteiger partial charge on any atom is -0.266 e. The molecule has 29 heavy (non-hydrogen) atoms. The van der Waals surface area contributed by atoms with E-state index in [0.717, 1.165) is 4.47 Å². The van der Waals surface area contributed by atoms with E-state index in [1.165, 1.54) is 11.0 Å². The number of carbonyl (C=O) groups excluding carboxylic acids is 1. The monoisotopic (exact) mass is 488 g/mol. The van der Waals surface area contributed by atoms with Crippen LogP contribution in [0, 0.1) is 5.82 Å². The van der Waals surface area contributed by atoms with Gasteiger partial charge < -0.3 is 0 Å². The fourth-order valence-corrected chi connectivity index (χ4v) is 3.81. The van der Waals surface area contributed by atoms with Crippen LogP contribution in [-0.4, -0.2) is 11.7 Å². The molecule has 0 aliphatic carbocycles. The van der Waals surface area contributed by atoms with Gasteiger partial charge in [-0.2, -0.15) is 0 Å². The van der Waals surface area contributed by atoms with Crippen LogP contribution in [0.1, 0.15) is 11.1 Å². The summed E-state index contributed by atoms with van der Waals surface area (Å²) in [5, 5.41) is 0.877. The van der Waals surface area contributed by atoms with Gasteiger partial charge in [0.05, 0.1) is 11.3 Å². The lowest BCUT2D eigenvalue weighted by Gasteiger charge is -2.19. The van der Waals surface area contributed by atoms with Gasteiger partial charge in [-0.15, -0.1) is 0 Å². The maximum absolute atomic E-state index is 14.5. The molecule has 0 radical (unpaired) electrons. The maximum Gasteiger partial charge on any atom is 0.282 e. The molecule has 0 atom stereocenters. The van der Waals surface area contributed by atoms with Crippen LogP contribution < -0.4 is 4.90 Å². The number of anilines is 1. The fourth-order valence-electron chi connectivity index (χ4n) is 2.96. The number of benzene rings is 3. The van der Waals surface area contributed by atoms with E-state index >= 15 is 0 Å². The zero-order valence-corrected chi connectivity index (χ0v) is 17.8. The molecule has 0 fully saturated rings. The third kappa shape index (κ3) is 3.99. The Kier molecular flexibility index (Phi) is 5.54. The summed E-state index contributed by atoms with van der Waals surface area (Å²) in [5.41, 5.74) is 1.53. The summed E-state index contributed by atoms with van der Waals surface area (Å²) in [6.45, 7) is 0. The lowest BCUT2D eigenvalue weighted by molar-refractivity contribution is -0.113. The predicted molar refractivity (Wildman–Crippen MR) is 119 cm³/mol. The first-order valence-corrected chi connectivity index (χ1v) is 10.1. The van der Waals surface area contributed by atoms with Crippen LogP contribution >= 0.6 is 39.1 Å². The minimum atomic E-state index is -0.468. The number of hydrogen-bond acceptors (Lipinski definition) is 2. The van der Waals surface area contributed by atoms with Crippen molar-refractivity contribution in [3.05, 3.63) is 104 Å². The van der Waals surface area contributed by atoms with Gasteiger partial charge >= 0.3 is 0 Å². The summed E-state index contributed by atoms with van der Waals surface area (Å²) >= 11 is 15.6. The molecule has 3 nitrogen and oxygen atoms in total. The SMILES string of the molecule is O=C1/C(=C\c2ccc(Cl)cc2Cl)N=C(c2ccccc2F)N1c1cccc(Br)c1. The Morgan fingerprint density at radius 1 is 1.00 bits per heavy atom. The largest absolute Gasteiger partial charge is 0.282 e. The van der Waals surface area contributed by atoms with Gasteiger partial charge in [-0.1, -0.05) is 63.4 Å². The number of hydrogen-bond donors (Lipinski definition) is 0. The Hall–Kier alpha value is -2.47. The number of rotatable bonds is 3. The quantitative estimate of drug-likeness (QED) is 0.375. The first-order chi connectivity index (χ1) is 13.9. The van der Waals surface area contributed by atoms with Gasteiger partial charge in [0.1, 0.15) is 11.5 Å². The van der Waals surface area contributed by atoms with E-state index in [4.69, 9.17) is 23.2 Å². The minimum absolute atomic E-state index is 0.146. The second-order valence-electron chi connectivity index (χ2n) is 6.23. The molecule has 1 aliphatic heterocycles. The number of aliphatic imine (C=N–C) groups is 1. The maximum atomic E-state index is 14.5. The highest BCUT2D eigenvalue weighted by molar-refractivity contribution is 9.10. The zero-order valence-electron chi connectivity index (χ0n) is 14.7. The molecule has 0 saturated carbocycles. The first kappa shape index (κ1) is 19.8. The van der Waals surface area contributed by atoms with Gasteiger partial charge in [-0.25, -0.2) is 9.38 Å². The topological polar surface area (TPSA) is 32.7 Å². The Labute approximate surface area is 185 Å². The molecule has 1 aliphatic rings. The average Bonchev–Trinajstić information content (AvgIpc) is 3.00. The van der Waals surface area contributed by atoms with Gasteiger partial charge in [0.2, 0.25) is 0 Å². The van der Waals surface area contributed by atoms with Crippen LogP contribution in [0.25, 0.3) is 6.08 Å². The molecule has 7 heteroatoms. The van der Waals surface area contributed by atoms with Crippen LogP contribution in [0.5, 0.6) is 0 Å². The Bertz CT molecular complexity index is 1190. The van der Waals surface area contributed by atoms with Crippen molar-refractivity contribution in [2.45, 2.75) is 0 Å². The van der Waals surface area contributed by atoms with Crippen LogP contribution in [0.2, 0.25) is 10.0 Å². The molecule has 144 valence electrons. The normalized spacial score (nSPS) is 15.2. The third-order valence-corrected chi connectivity index (χ3v) is 5.35. The highest BCUT2D eigenvalue weighted by Crippen LogP contribution is 2.31. The molecule has 0 unspecified atom stereocenters. The molecular weight excluding hydrogens is 478 g/mol. The lowest BCUT2D eigenvalue weighted by Crippen LogP contribution is -2.33. The smallest absolute Gasteiger partial charge is 0.266 e. The molecule has 0 bridgehead atoms. The highest BCUT2D eigenvalue weighted by atomic mass is 79.9. The van der Waals surface area contributed by atoms with E-state index in [2.05, 4.69) is 20.9 Å². The van der Waals surface area contributed by atoms with E-state index in [-0.39, 0.29) is 23.0 Å². The van der Waals surface area contributed by atoms with Crippen molar-refractivity contribution in [3.63, 3.8) is 0 Å². The number of amides is 1. The second kappa shape index (κ2) is 8.11. The van der Waals surface area contributed by atoms with Crippen molar-refractivity contribution in [1.29, 1.82) is 0 Å². The second-order valence-corrected chi connectivity index (χ2v) is 7.99. The standard InChI is InChI=1S/C22H12BrCl2FN2O/c23-14-4-3-5-16(11-14)28-21(17-6-1-2-7-19(17)26)27-20(22(28)29)10-13-8-9-15(24)12-18(13)25/h1-12H/b20-10+. The van der Waals surface area contributed by atoms with Crippen molar-refractivity contribution in [1.82, 2.24) is 0 Å². The van der Waals surface area contributed by atoms with Crippen molar-refractivity contribution in [3.8, 4) is 0 Å². The van der Waals surface area contributed by atoms with E-state index in [1.807, 2.05) is 6.07 Å². The lowest BCUT2D eigenvalue weighted by atomic mass is 10.1. The van der Waals surface area contributed by atoms with Gasteiger partial charge in [-0.3, -0.25) is 9.69 Å². The molecule has 0 spiro atoms. The molecule has 3 aromatic carbocycles. The molecule has 1 heterocycles. The Balaban J connectivity index is 1.87. The summed E-state index contributed by atoms with van der Waals surface area (Å²) in [4.78, 5) is 19.1. The molecular formula is C22H12BrCl2FN2O. The Morgan fingerprint density at radius 3 is 2.52 bits per heavy atom. The summed E-state index contributed by atoms with van der Waals surface area (Å²) in [6.07, 6.45) is 1.57. The zero-order chi connectivity index (χ0) is 20.5. The molecule has 0 N–H and O–H groups in total. The molecule has 1 amide bonds. The van der Waals surface area contributed by atoms with Crippen molar-refractivity contribution >= 4 is 62.6 Å². The molecule has 3 aromatic rings. The summed E-state index contributed by atoms with van der Waals surface area (Å²) in [7, 11) is 0. The number of halogens is 4. The molecule has 0 aromatic heterocycles. The number of carbonyl (C=O) groups is 1. The first-order valence-electron chi connectivity index (χ1n) is 8.54. The van der Waals surface area contributed by atoms with Gasteiger partial charge in [0, 0.05) is 14.5 Å². The molecule has 0 saturated heterocycles. The summed E-state index contributed by atoms with van der Waals surface area (Å²) in [5.74, 6) is -0.639. The average molecular weight is 490 g/mol. The predicted octanol–water partition coefficient (Wildman–Crippen LogP) is 6.73. The van der Waals surface area contributed by atoms with Crippen LogP contribution in [0.3, 0.4) is 0 Å². The summed E-state index contributed by atoms with van der Waals surface area (Å²) < 4.78 is 15.3. The van der Waals surface area contributed by atoms with Gasteiger partial charge in [0.25, 0.3) is 5.91 Å².